The van der Waals surface area contributed by atoms with Crippen LogP contribution in [0.3, 0.4) is 0 Å². The van der Waals surface area contributed by atoms with E-state index >= 15 is 0 Å². The Hall–Kier alpha value is -5.79. The van der Waals surface area contributed by atoms with Crippen LogP contribution < -0.4 is 24.0 Å². The third kappa shape index (κ3) is 10.6. The highest BCUT2D eigenvalue weighted by Gasteiger charge is 2.48. The van der Waals surface area contributed by atoms with Crippen molar-refractivity contribution in [1.29, 1.82) is 0 Å². The van der Waals surface area contributed by atoms with Gasteiger partial charge in [0.05, 0.1) is 69.1 Å². The minimum Gasteiger partial charge on any atom is -0.494 e. The number of piperidine rings is 2. The van der Waals surface area contributed by atoms with Crippen molar-refractivity contribution in [3.8, 4) is 39.8 Å². The Balaban J connectivity index is 0.000000151. The summed E-state index contributed by atoms with van der Waals surface area (Å²) >= 11 is 29.4. The van der Waals surface area contributed by atoms with Gasteiger partial charge in [0.25, 0.3) is 6.47 Å². The van der Waals surface area contributed by atoms with Gasteiger partial charge in [-0.05, 0) is 100 Å². The fourth-order valence-electron chi connectivity index (χ4n) is 11.9. The topological polar surface area (TPSA) is 182 Å². The molecule has 4 aliphatic carbocycles. The van der Waals surface area contributed by atoms with Crippen LogP contribution in [0.25, 0.3) is 42.9 Å². The molecule has 6 heterocycles. The number of ether oxygens (including phenoxy) is 5. The minimum absolute atomic E-state index is 0.138. The molecule has 410 valence electrons. The van der Waals surface area contributed by atoms with Crippen LogP contribution in [0.15, 0.2) is 69.7 Å². The summed E-state index contributed by atoms with van der Waals surface area (Å²) in [5, 5.41) is 13.1. The number of carbonyl (C=O) groups is 1. The van der Waals surface area contributed by atoms with E-state index < -0.39 is 0 Å². The van der Waals surface area contributed by atoms with Crippen molar-refractivity contribution in [1.82, 2.24) is 20.3 Å². The Bertz CT molecular complexity index is 3590. The van der Waals surface area contributed by atoms with Gasteiger partial charge in [0, 0.05) is 83.2 Å². The average Bonchev–Trinajstić information content (AvgIpc) is 4.10. The third-order valence-electron chi connectivity index (χ3n) is 15.9. The van der Waals surface area contributed by atoms with E-state index in [0.717, 1.165) is 124 Å². The van der Waals surface area contributed by atoms with E-state index in [1.165, 1.54) is 10.3 Å². The third-order valence-corrected chi connectivity index (χ3v) is 19.2. The molecule has 4 aromatic heterocycles. The predicted molar refractivity (Wildman–Crippen MR) is 302 cm³/mol. The predicted octanol–water partition coefficient (Wildman–Crippen LogP) is 13.9. The molecule has 8 aromatic rings. The lowest BCUT2D eigenvalue weighted by Crippen LogP contribution is -2.38. The summed E-state index contributed by atoms with van der Waals surface area (Å²) in [5.41, 5.74) is 7.67. The Morgan fingerprint density at radius 2 is 1.10 bits per heavy atom. The van der Waals surface area contributed by atoms with Crippen LogP contribution in [0.4, 0.5) is 10.3 Å². The van der Waals surface area contributed by atoms with E-state index in [2.05, 4.69) is 39.2 Å². The number of methoxy groups -OCH3 is 2. The molecule has 4 aromatic carbocycles. The number of benzene rings is 4. The van der Waals surface area contributed by atoms with E-state index in [0.29, 0.717) is 104 Å². The van der Waals surface area contributed by atoms with Crippen molar-refractivity contribution in [2.45, 2.75) is 108 Å². The number of hydrogen-bond donors (Lipinski definition) is 0. The van der Waals surface area contributed by atoms with Crippen LogP contribution in [-0.2, 0) is 37.1 Å². The van der Waals surface area contributed by atoms with Gasteiger partial charge in [-0.3, -0.25) is 4.79 Å². The number of thiazole rings is 2. The molecule has 4 saturated carbocycles. The molecule has 0 amide bonds. The molecule has 0 spiro atoms. The number of carbonyl (C=O) groups excluding carboxylic acids is 3. The molecule has 22 heteroatoms. The van der Waals surface area contributed by atoms with Crippen LogP contribution in [0.1, 0.15) is 91.4 Å². The summed E-state index contributed by atoms with van der Waals surface area (Å²) < 4.78 is 43.0. The summed E-state index contributed by atoms with van der Waals surface area (Å²) in [6.45, 7) is 5.21. The number of aromatic nitrogens is 4. The first-order chi connectivity index (χ1) is 38.4. The SMILES string of the molecule is COc1cc(C)cc2sc(N3CC4CC3CC4OCc3c(-c4c(Cl)cccc4Cl)noc3C3CC3)nc12.COc1cc(OC=O)cc2sc(N3CC4CC3CC4OCc3c(-c4c(Cl)cccc4Cl)noc3C3CC3)nc12.O=C=O. The zero-order valence-electron chi connectivity index (χ0n) is 43.0. The van der Waals surface area contributed by atoms with Gasteiger partial charge in [0.15, 0.2) is 10.3 Å². The molecule has 0 N–H and O–H groups in total. The molecule has 6 fully saturated rings. The molecule has 14 rings (SSSR count). The second-order valence-corrected chi connectivity index (χ2v) is 24.5. The zero-order chi connectivity index (χ0) is 54.6. The van der Waals surface area contributed by atoms with Gasteiger partial charge in [-0.15, -0.1) is 0 Å². The summed E-state index contributed by atoms with van der Waals surface area (Å²) in [4.78, 5) is 41.8. The number of fused-ring (bicyclic) bond motifs is 6. The average molecular weight is 1190 g/mol. The molecular formula is C57H52Cl4N6O10S2. The highest BCUT2D eigenvalue weighted by Crippen LogP contribution is 2.51. The molecule has 2 aliphatic heterocycles. The Kier molecular flexibility index (Phi) is 15.4. The van der Waals surface area contributed by atoms with Crippen molar-refractivity contribution in [2.75, 3.05) is 37.1 Å². The first kappa shape index (κ1) is 53.8. The molecule has 4 bridgehead atoms. The lowest BCUT2D eigenvalue weighted by Gasteiger charge is -2.31. The molecule has 0 radical (unpaired) electrons. The van der Waals surface area contributed by atoms with Gasteiger partial charge in [-0.2, -0.15) is 9.59 Å². The minimum atomic E-state index is 0.138. The van der Waals surface area contributed by atoms with Crippen molar-refractivity contribution in [3.63, 3.8) is 0 Å². The van der Waals surface area contributed by atoms with E-state index in [-0.39, 0.29) is 18.4 Å². The fraction of sp³-hybridized carbons (Fsp3) is 0.404. The fourth-order valence-corrected chi connectivity index (χ4v) is 15.3. The van der Waals surface area contributed by atoms with Crippen molar-refractivity contribution < 1.29 is 47.1 Å². The zero-order valence-corrected chi connectivity index (χ0v) is 47.7. The van der Waals surface area contributed by atoms with E-state index in [1.54, 1.807) is 43.0 Å². The van der Waals surface area contributed by atoms with E-state index in [9.17, 15) is 4.79 Å². The van der Waals surface area contributed by atoms with Gasteiger partial charge >= 0.3 is 6.15 Å². The maximum atomic E-state index is 10.8. The van der Waals surface area contributed by atoms with Gasteiger partial charge in [-0.25, -0.2) is 9.97 Å². The first-order valence-electron chi connectivity index (χ1n) is 26.1. The summed E-state index contributed by atoms with van der Waals surface area (Å²) in [6.07, 6.45) is 9.10. The maximum Gasteiger partial charge on any atom is 0.373 e. The van der Waals surface area contributed by atoms with Gasteiger partial charge in [0.2, 0.25) is 0 Å². The van der Waals surface area contributed by atoms with Crippen molar-refractivity contribution in [2.24, 2.45) is 11.8 Å². The van der Waals surface area contributed by atoms with E-state index in [4.69, 9.17) is 98.7 Å². The number of nitrogens with zero attached hydrogens (tertiary/aromatic N) is 6. The number of halogens is 4. The second-order valence-electron chi connectivity index (χ2n) is 20.8. The molecule has 16 nitrogen and oxygen atoms in total. The van der Waals surface area contributed by atoms with Gasteiger partial charge < -0.3 is 42.5 Å². The molecule has 6 aliphatic rings. The maximum absolute atomic E-state index is 10.8. The largest absolute Gasteiger partial charge is 0.494 e. The monoisotopic (exact) mass is 1180 g/mol. The lowest BCUT2D eigenvalue weighted by atomic mass is 10.0. The van der Waals surface area contributed by atoms with Gasteiger partial charge in [0.1, 0.15) is 51.2 Å². The molecule has 2 saturated heterocycles. The van der Waals surface area contributed by atoms with Crippen LogP contribution in [0.5, 0.6) is 17.2 Å². The van der Waals surface area contributed by atoms with Crippen LogP contribution in [-0.4, -0.2) is 84.5 Å². The van der Waals surface area contributed by atoms with E-state index in [1.807, 2.05) is 42.5 Å². The highest BCUT2D eigenvalue weighted by molar-refractivity contribution is 7.22. The number of aryl methyl sites for hydroxylation is 1. The van der Waals surface area contributed by atoms with Gasteiger partial charge in [-0.1, -0.05) is 91.5 Å². The Morgan fingerprint density at radius 1 is 0.658 bits per heavy atom. The molecule has 6 unspecified atom stereocenters. The molecule has 79 heavy (non-hydrogen) atoms. The first-order valence-corrected chi connectivity index (χ1v) is 29.2. The second kappa shape index (κ2) is 22.6. The number of hydrogen-bond acceptors (Lipinski definition) is 18. The number of rotatable bonds is 16. The van der Waals surface area contributed by atoms with Crippen molar-refractivity contribution >= 4 is 112 Å². The summed E-state index contributed by atoms with van der Waals surface area (Å²) in [6, 6.07) is 19.5. The smallest absolute Gasteiger partial charge is 0.373 e. The molecule has 6 atom stereocenters. The summed E-state index contributed by atoms with van der Waals surface area (Å²) in [7, 11) is 3.30. The highest BCUT2D eigenvalue weighted by atomic mass is 35.5. The standard InChI is InChI=1S/C28H25Cl2N3O5S.C28H27Cl2N3O3S.CO2/c1-35-22-9-17(37-13-34)10-23-26(22)31-28(39-23)33-11-15-7-16(33)8-21(15)36-12-18-25(32-38-27(18)14-5-6-14)24-19(29)3-2-4-20(24)30;1-14-8-22(34-2)26-23(9-14)37-28(31-26)33-12-16-10-17(33)11-21(16)35-13-18-25(32-36-27(18)15-6-7-15)24-19(29)4-3-5-20(24)30;2-1-3/h2-4,9-10,13-16,21H,5-8,11-12H2,1H3;3-5,8-9,15-17,21H,6-7,10-13H2,1-2H3;. The Morgan fingerprint density at radius 3 is 1.51 bits per heavy atom. The van der Waals surface area contributed by atoms with Crippen LogP contribution in [0.2, 0.25) is 20.1 Å². The Labute approximate surface area is 482 Å². The lowest BCUT2D eigenvalue weighted by molar-refractivity contribution is -0.191. The van der Waals surface area contributed by atoms with Crippen LogP contribution >= 0.6 is 69.1 Å². The number of anilines is 2. The van der Waals surface area contributed by atoms with Crippen LogP contribution in [0, 0.1) is 18.8 Å². The normalized spacial score (nSPS) is 21.8. The molecular weight excluding hydrogens is 1130 g/mol. The quantitative estimate of drug-likeness (QED) is 0.0832. The van der Waals surface area contributed by atoms with Crippen molar-refractivity contribution in [3.05, 3.63) is 109 Å². The summed E-state index contributed by atoms with van der Waals surface area (Å²) in [5.74, 6) is 5.36.